The fraction of sp³-hybridized carbons (Fsp3) is 0.444. The molecule has 1 heteroatoms. The van der Waals surface area contributed by atoms with Gasteiger partial charge in [0.1, 0.15) is 0 Å². The molecule has 2 aromatic carbocycles. The summed E-state index contributed by atoms with van der Waals surface area (Å²) in [6, 6.07) is 13.6. The van der Waals surface area contributed by atoms with Crippen molar-refractivity contribution in [1.82, 2.24) is 0 Å². The zero-order chi connectivity index (χ0) is 14.1. The van der Waals surface area contributed by atoms with Crippen LogP contribution in [0, 0.1) is 0 Å². The van der Waals surface area contributed by atoms with E-state index in [1.165, 1.54) is 46.9 Å². The number of fused-ring (bicyclic) bond motifs is 1. The van der Waals surface area contributed by atoms with Gasteiger partial charge >= 0.3 is 0 Å². The van der Waals surface area contributed by atoms with Crippen molar-refractivity contribution in [3.63, 3.8) is 0 Å². The molecule has 0 N–H and O–H groups in total. The molecule has 19 heavy (non-hydrogen) atoms. The SMILES string of the molecule is CC.CCCCCc1ccc2ccc(SC)cc2c1. The molecule has 0 unspecified atom stereocenters. The average molecular weight is 274 g/mol. The third kappa shape index (κ3) is 4.91. The highest BCUT2D eigenvalue weighted by atomic mass is 32.2. The minimum Gasteiger partial charge on any atom is -0.130 e. The van der Waals surface area contributed by atoms with E-state index in [2.05, 4.69) is 49.6 Å². The lowest BCUT2D eigenvalue weighted by Gasteiger charge is -2.05. The first-order chi connectivity index (χ1) is 9.33. The molecule has 0 saturated carbocycles. The lowest BCUT2D eigenvalue weighted by Crippen LogP contribution is -1.86. The predicted octanol–water partition coefficient (Wildman–Crippen LogP) is 6.32. The van der Waals surface area contributed by atoms with Crippen LogP contribution in [0.4, 0.5) is 0 Å². The maximum absolute atomic E-state index is 2.35. The van der Waals surface area contributed by atoms with Gasteiger partial charge in [-0.3, -0.25) is 0 Å². The Morgan fingerprint density at radius 2 is 1.63 bits per heavy atom. The Kier molecular flexibility index (Phi) is 7.66. The number of hydrogen-bond donors (Lipinski definition) is 0. The number of aryl methyl sites for hydroxylation is 1. The molecule has 0 saturated heterocycles. The summed E-state index contributed by atoms with van der Waals surface area (Å²) in [5, 5.41) is 2.73. The molecule has 0 radical (unpaired) electrons. The second-order valence-corrected chi connectivity index (χ2v) is 5.38. The summed E-state index contributed by atoms with van der Waals surface area (Å²) in [6.45, 7) is 6.26. The zero-order valence-corrected chi connectivity index (χ0v) is 13.5. The van der Waals surface area contributed by atoms with E-state index in [-0.39, 0.29) is 0 Å². The Bertz CT molecular complexity index is 488. The number of hydrogen-bond acceptors (Lipinski definition) is 1. The summed E-state index contributed by atoms with van der Waals surface area (Å²) in [5.74, 6) is 0. The van der Waals surface area contributed by atoms with Crippen molar-refractivity contribution in [2.75, 3.05) is 6.26 Å². The van der Waals surface area contributed by atoms with Crippen LogP contribution in [0.25, 0.3) is 10.8 Å². The zero-order valence-electron chi connectivity index (χ0n) is 12.7. The summed E-state index contributed by atoms with van der Waals surface area (Å²) in [7, 11) is 0. The van der Waals surface area contributed by atoms with Crippen molar-refractivity contribution in [2.24, 2.45) is 0 Å². The van der Waals surface area contributed by atoms with Crippen LogP contribution in [-0.2, 0) is 6.42 Å². The van der Waals surface area contributed by atoms with E-state index in [1.807, 2.05) is 25.6 Å². The molecule has 0 amide bonds. The molecular formula is C18H26S. The molecule has 0 bridgehead atoms. The maximum Gasteiger partial charge on any atom is 0.00755 e. The van der Waals surface area contributed by atoms with Crippen LogP contribution < -0.4 is 0 Å². The second-order valence-electron chi connectivity index (χ2n) is 4.50. The first kappa shape index (κ1) is 16.1. The molecule has 0 aliphatic heterocycles. The van der Waals surface area contributed by atoms with Crippen LogP contribution in [0.15, 0.2) is 41.3 Å². The topological polar surface area (TPSA) is 0 Å². The van der Waals surface area contributed by atoms with E-state index in [1.54, 1.807) is 0 Å². The van der Waals surface area contributed by atoms with Crippen molar-refractivity contribution >= 4 is 22.5 Å². The molecule has 0 spiro atoms. The first-order valence-corrected chi connectivity index (χ1v) is 8.62. The van der Waals surface area contributed by atoms with Gasteiger partial charge in [0.05, 0.1) is 0 Å². The van der Waals surface area contributed by atoms with Gasteiger partial charge in [0.2, 0.25) is 0 Å². The van der Waals surface area contributed by atoms with Gasteiger partial charge in [-0.25, -0.2) is 0 Å². The Morgan fingerprint density at radius 3 is 2.32 bits per heavy atom. The molecule has 0 atom stereocenters. The van der Waals surface area contributed by atoms with E-state index in [0.717, 1.165) is 0 Å². The van der Waals surface area contributed by atoms with E-state index < -0.39 is 0 Å². The van der Waals surface area contributed by atoms with Gasteiger partial charge < -0.3 is 0 Å². The van der Waals surface area contributed by atoms with Crippen molar-refractivity contribution < 1.29 is 0 Å². The molecule has 0 fully saturated rings. The van der Waals surface area contributed by atoms with Crippen LogP contribution in [0.5, 0.6) is 0 Å². The second kappa shape index (κ2) is 9.03. The maximum atomic E-state index is 2.35. The molecule has 104 valence electrons. The Hall–Kier alpha value is -0.950. The van der Waals surface area contributed by atoms with Crippen LogP contribution >= 0.6 is 11.8 Å². The van der Waals surface area contributed by atoms with E-state index in [0.29, 0.717) is 0 Å². The Morgan fingerprint density at radius 1 is 0.895 bits per heavy atom. The number of unbranched alkanes of at least 4 members (excludes halogenated alkanes) is 2. The minimum atomic E-state index is 1.22. The summed E-state index contributed by atoms with van der Waals surface area (Å²) in [6.07, 6.45) is 7.29. The van der Waals surface area contributed by atoms with Crippen LogP contribution in [0.1, 0.15) is 45.6 Å². The summed E-state index contributed by atoms with van der Waals surface area (Å²) < 4.78 is 0. The molecule has 0 aromatic heterocycles. The minimum absolute atomic E-state index is 1.22. The molecule has 0 nitrogen and oxygen atoms in total. The Labute approximate surface area is 122 Å². The summed E-state index contributed by atoms with van der Waals surface area (Å²) >= 11 is 1.81. The molecule has 0 aliphatic rings. The third-order valence-corrected chi connectivity index (χ3v) is 3.91. The summed E-state index contributed by atoms with van der Waals surface area (Å²) in [5.41, 5.74) is 1.48. The van der Waals surface area contributed by atoms with Crippen molar-refractivity contribution in [2.45, 2.75) is 51.3 Å². The lowest BCUT2D eigenvalue weighted by molar-refractivity contribution is 0.718. The lowest BCUT2D eigenvalue weighted by atomic mass is 10.0. The monoisotopic (exact) mass is 274 g/mol. The van der Waals surface area contributed by atoms with Crippen LogP contribution in [0.2, 0.25) is 0 Å². The highest BCUT2D eigenvalue weighted by Gasteiger charge is 1.98. The smallest absolute Gasteiger partial charge is 0.00755 e. The molecular weight excluding hydrogens is 248 g/mol. The van der Waals surface area contributed by atoms with E-state index in [9.17, 15) is 0 Å². The fourth-order valence-corrected chi connectivity index (χ4v) is 2.58. The van der Waals surface area contributed by atoms with Gasteiger partial charge in [-0.05, 0) is 47.6 Å². The normalized spacial score (nSPS) is 10.1. The summed E-state index contributed by atoms with van der Waals surface area (Å²) in [4.78, 5) is 1.35. The van der Waals surface area contributed by atoms with Gasteiger partial charge in [0.15, 0.2) is 0 Å². The standard InChI is InChI=1S/C16H20S.C2H6/c1-3-4-5-6-13-7-8-14-9-10-16(17-2)12-15(14)11-13;1-2/h7-12H,3-6H2,1-2H3;1-2H3. The van der Waals surface area contributed by atoms with E-state index >= 15 is 0 Å². The van der Waals surface area contributed by atoms with Gasteiger partial charge in [-0.1, -0.05) is 57.9 Å². The number of rotatable bonds is 5. The average Bonchev–Trinajstić information content (AvgIpc) is 2.49. The fourth-order valence-electron chi connectivity index (χ4n) is 2.14. The highest BCUT2D eigenvalue weighted by Crippen LogP contribution is 2.23. The highest BCUT2D eigenvalue weighted by molar-refractivity contribution is 7.98. The first-order valence-electron chi connectivity index (χ1n) is 7.40. The molecule has 0 heterocycles. The van der Waals surface area contributed by atoms with Crippen molar-refractivity contribution in [3.05, 3.63) is 42.0 Å². The third-order valence-electron chi connectivity index (χ3n) is 3.18. The van der Waals surface area contributed by atoms with Gasteiger partial charge in [-0.15, -0.1) is 11.8 Å². The van der Waals surface area contributed by atoms with Gasteiger partial charge in [0, 0.05) is 4.90 Å². The van der Waals surface area contributed by atoms with Crippen LogP contribution in [-0.4, -0.2) is 6.26 Å². The predicted molar refractivity (Wildman–Crippen MR) is 90.3 cm³/mol. The molecule has 2 aromatic rings. The molecule has 0 aliphatic carbocycles. The van der Waals surface area contributed by atoms with Gasteiger partial charge in [0.25, 0.3) is 0 Å². The van der Waals surface area contributed by atoms with E-state index in [4.69, 9.17) is 0 Å². The number of thioether (sulfide) groups is 1. The largest absolute Gasteiger partial charge is 0.130 e. The quantitative estimate of drug-likeness (QED) is 0.454. The Balaban J connectivity index is 0.000000861. The van der Waals surface area contributed by atoms with Crippen LogP contribution in [0.3, 0.4) is 0 Å². The number of benzene rings is 2. The molecule has 2 rings (SSSR count). The van der Waals surface area contributed by atoms with Crippen molar-refractivity contribution in [3.8, 4) is 0 Å². The van der Waals surface area contributed by atoms with Crippen molar-refractivity contribution in [1.29, 1.82) is 0 Å². The van der Waals surface area contributed by atoms with Gasteiger partial charge in [-0.2, -0.15) is 0 Å².